The van der Waals surface area contributed by atoms with Crippen LogP contribution >= 0.6 is 0 Å². The molecular formula is C13H21N5. The predicted octanol–water partition coefficient (Wildman–Crippen LogP) is 1.69. The van der Waals surface area contributed by atoms with Crippen LogP contribution in [-0.4, -0.2) is 26.3 Å². The van der Waals surface area contributed by atoms with Crippen LogP contribution in [0.1, 0.15) is 32.2 Å². The van der Waals surface area contributed by atoms with Gasteiger partial charge in [-0.15, -0.1) is 0 Å². The summed E-state index contributed by atoms with van der Waals surface area (Å²) in [7, 11) is 0. The SMILES string of the molecule is CC(C)(C)n1cc(CNCCc2ncc[nH]2)cn1. The summed E-state index contributed by atoms with van der Waals surface area (Å²) in [5, 5.41) is 7.77. The van der Waals surface area contributed by atoms with Gasteiger partial charge in [0.05, 0.1) is 11.7 Å². The van der Waals surface area contributed by atoms with E-state index in [-0.39, 0.29) is 5.54 Å². The summed E-state index contributed by atoms with van der Waals surface area (Å²) < 4.78 is 2.00. The Hall–Kier alpha value is -1.62. The first-order valence-electron chi connectivity index (χ1n) is 6.29. The molecule has 0 atom stereocenters. The molecule has 2 aromatic heterocycles. The minimum atomic E-state index is 0.0480. The van der Waals surface area contributed by atoms with Crippen LogP contribution < -0.4 is 5.32 Å². The molecule has 0 aromatic carbocycles. The van der Waals surface area contributed by atoms with Gasteiger partial charge in [-0.25, -0.2) is 4.98 Å². The van der Waals surface area contributed by atoms with Gasteiger partial charge in [0.15, 0.2) is 0 Å². The molecule has 2 rings (SSSR count). The van der Waals surface area contributed by atoms with E-state index in [1.54, 1.807) is 6.20 Å². The van der Waals surface area contributed by atoms with Gasteiger partial charge in [0.25, 0.3) is 0 Å². The van der Waals surface area contributed by atoms with Crippen molar-refractivity contribution in [3.8, 4) is 0 Å². The van der Waals surface area contributed by atoms with Crippen molar-refractivity contribution < 1.29 is 0 Å². The summed E-state index contributed by atoms with van der Waals surface area (Å²) in [5.41, 5.74) is 1.26. The molecule has 0 aliphatic heterocycles. The van der Waals surface area contributed by atoms with E-state index < -0.39 is 0 Å². The summed E-state index contributed by atoms with van der Waals surface area (Å²) in [6.07, 6.45) is 8.57. The largest absolute Gasteiger partial charge is 0.349 e. The summed E-state index contributed by atoms with van der Waals surface area (Å²) >= 11 is 0. The smallest absolute Gasteiger partial charge is 0.107 e. The molecule has 0 amide bonds. The molecule has 2 N–H and O–H groups in total. The average Bonchev–Trinajstić information content (AvgIpc) is 2.95. The zero-order valence-corrected chi connectivity index (χ0v) is 11.3. The van der Waals surface area contributed by atoms with Crippen LogP contribution in [-0.2, 0) is 18.5 Å². The molecule has 0 spiro atoms. The van der Waals surface area contributed by atoms with Crippen molar-refractivity contribution in [2.45, 2.75) is 39.3 Å². The molecular weight excluding hydrogens is 226 g/mol. The van der Waals surface area contributed by atoms with E-state index in [0.717, 1.165) is 25.3 Å². The highest BCUT2D eigenvalue weighted by Gasteiger charge is 2.13. The van der Waals surface area contributed by atoms with Gasteiger partial charge in [-0.3, -0.25) is 4.68 Å². The highest BCUT2D eigenvalue weighted by Crippen LogP contribution is 2.12. The lowest BCUT2D eigenvalue weighted by atomic mass is 10.1. The van der Waals surface area contributed by atoms with Crippen LogP contribution in [0.3, 0.4) is 0 Å². The molecule has 5 nitrogen and oxygen atoms in total. The molecule has 18 heavy (non-hydrogen) atoms. The molecule has 0 unspecified atom stereocenters. The van der Waals surface area contributed by atoms with Gasteiger partial charge in [-0.05, 0) is 20.8 Å². The Morgan fingerprint density at radius 3 is 2.83 bits per heavy atom. The molecule has 0 saturated carbocycles. The van der Waals surface area contributed by atoms with Crippen molar-refractivity contribution in [1.82, 2.24) is 25.1 Å². The molecule has 0 fully saturated rings. The Bertz CT molecular complexity index is 464. The predicted molar refractivity (Wildman–Crippen MR) is 71.2 cm³/mol. The van der Waals surface area contributed by atoms with Crippen LogP contribution in [0.5, 0.6) is 0 Å². The summed E-state index contributed by atoms with van der Waals surface area (Å²) in [5.74, 6) is 1.02. The number of rotatable bonds is 5. The number of nitrogens with one attached hydrogen (secondary N) is 2. The molecule has 2 aromatic rings. The second kappa shape index (κ2) is 5.35. The van der Waals surface area contributed by atoms with E-state index in [1.807, 2.05) is 17.1 Å². The zero-order chi connectivity index (χ0) is 13.0. The first kappa shape index (κ1) is 12.8. The van der Waals surface area contributed by atoms with E-state index in [1.165, 1.54) is 5.56 Å². The van der Waals surface area contributed by atoms with E-state index >= 15 is 0 Å². The van der Waals surface area contributed by atoms with Crippen molar-refractivity contribution in [2.24, 2.45) is 0 Å². The standard InChI is InChI=1S/C13H21N5/c1-13(2,3)18-10-11(9-17-18)8-14-5-4-12-15-6-7-16-12/h6-7,9-10,14H,4-5,8H2,1-3H3,(H,15,16). The summed E-state index contributed by atoms with van der Waals surface area (Å²) in [4.78, 5) is 7.28. The number of hydrogen-bond donors (Lipinski definition) is 2. The van der Waals surface area contributed by atoms with Crippen molar-refractivity contribution in [1.29, 1.82) is 0 Å². The minimum Gasteiger partial charge on any atom is -0.349 e. The fraction of sp³-hybridized carbons (Fsp3) is 0.538. The maximum absolute atomic E-state index is 4.37. The van der Waals surface area contributed by atoms with Crippen molar-refractivity contribution in [3.63, 3.8) is 0 Å². The van der Waals surface area contributed by atoms with Crippen LogP contribution in [0.4, 0.5) is 0 Å². The first-order valence-corrected chi connectivity index (χ1v) is 6.29. The number of H-pyrrole nitrogens is 1. The third kappa shape index (κ3) is 3.43. The zero-order valence-electron chi connectivity index (χ0n) is 11.3. The lowest BCUT2D eigenvalue weighted by molar-refractivity contribution is 0.355. The molecule has 5 heteroatoms. The van der Waals surface area contributed by atoms with Crippen molar-refractivity contribution >= 4 is 0 Å². The van der Waals surface area contributed by atoms with Crippen LogP contribution in [0.15, 0.2) is 24.8 Å². The van der Waals surface area contributed by atoms with Gasteiger partial charge in [0.1, 0.15) is 5.82 Å². The number of nitrogens with zero attached hydrogens (tertiary/aromatic N) is 3. The second-order valence-corrected chi connectivity index (χ2v) is 5.43. The van der Waals surface area contributed by atoms with E-state index in [9.17, 15) is 0 Å². The lowest BCUT2D eigenvalue weighted by Crippen LogP contribution is -2.22. The second-order valence-electron chi connectivity index (χ2n) is 5.43. The fourth-order valence-corrected chi connectivity index (χ4v) is 1.69. The Balaban J connectivity index is 1.75. The molecule has 0 radical (unpaired) electrons. The van der Waals surface area contributed by atoms with E-state index in [4.69, 9.17) is 0 Å². The molecule has 0 aliphatic carbocycles. The number of hydrogen-bond acceptors (Lipinski definition) is 3. The van der Waals surface area contributed by atoms with Gasteiger partial charge in [-0.2, -0.15) is 5.10 Å². The monoisotopic (exact) mass is 247 g/mol. The molecule has 98 valence electrons. The maximum Gasteiger partial charge on any atom is 0.107 e. The van der Waals surface area contributed by atoms with Crippen molar-refractivity contribution in [3.05, 3.63) is 36.2 Å². The third-order valence-corrected chi connectivity index (χ3v) is 2.75. The van der Waals surface area contributed by atoms with E-state index in [2.05, 4.69) is 47.4 Å². The molecule has 0 bridgehead atoms. The summed E-state index contributed by atoms with van der Waals surface area (Å²) in [6, 6.07) is 0. The lowest BCUT2D eigenvalue weighted by Gasteiger charge is -2.18. The van der Waals surface area contributed by atoms with Gasteiger partial charge < -0.3 is 10.3 Å². The molecule has 2 heterocycles. The van der Waals surface area contributed by atoms with Crippen molar-refractivity contribution in [2.75, 3.05) is 6.54 Å². The first-order chi connectivity index (χ1) is 8.55. The average molecular weight is 247 g/mol. The number of aromatic nitrogens is 4. The molecule has 0 aliphatic rings. The van der Waals surface area contributed by atoms with Gasteiger partial charge in [0, 0.05) is 43.7 Å². The Morgan fingerprint density at radius 1 is 1.39 bits per heavy atom. The van der Waals surface area contributed by atoms with Gasteiger partial charge in [-0.1, -0.05) is 0 Å². The fourth-order valence-electron chi connectivity index (χ4n) is 1.69. The maximum atomic E-state index is 4.37. The topological polar surface area (TPSA) is 58.5 Å². The molecule has 0 saturated heterocycles. The Morgan fingerprint density at radius 2 is 2.22 bits per heavy atom. The number of imidazole rings is 1. The highest BCUT2D eigenvalue weighted by molar-refractivity contribution is 5.04. The summed E-state index contributed by atoms with van der Waals surface area (Å²) in [6.45, 7) is 8.20. The third-order valence-electron chi connectivity index (χ3n) is 2.75. The Kier molecular flexibility index (Phi) is 3.81. The normalized spacial score (nSPS) is 11.9. The van der Waals surface area contributed by atoms with Gasteiger partial charge in [0.2, 0.25) is 0 Å². The van der Waals surface area contributed by atoms with E-state index in [0.29, 0.717) is 0 Å². The highest BCUT2D eigenvalue weighted by atomic mass is 15.3. The van der Waals surface area contributed by atoms with Crippen LogP contribution in [0, 0.1) is 0 Å². The quantitative estimate of drug-likeness (QED) is 0.791. The number of aromatic amines is 1. The van der Waals surface area contributed by atoms with Crippen LogP contribution in [0.25, 0.3) is 0 Å². The van der Waals surface area contributed by atoms with Crippen LogP contribution in [0.2, 0.25) is 0 Å². The van der Waals surface area contributed by atoms with Gasteiger partial charge >= 0.3 is 0 Å². The Labute approximate surface area is 108 Å². The minimum absolute atomic E-state index is 0.0480.